The molecule has 0 bridgehead atoms. The van der Waals surface area contributed by atoms with Crippen LogP contribution in [0.3, 0.4) is 0 Å². The van der Waals surface area contributed by atoms with Crippen LogP contribution in [0.2, 0.25) is 0 Å². The number of nitrogens with zero attached hydrogens (tertiary/aromatic N) is 2. The van der Waals surface area contributed by atoms with Crippen LogP contribution < -0.4 is 11.1 Å². The summed E-state index contributed by atoms with van der Waals surface area (Å²) in [6, 6.07) is 1.33. The van der Waals surface area contributed by atoms with Gasteiger partial charge in [0.05, 0.1) is 4.60 Å². The fourth-order valence-corrected chi connectivity index (χ4v) is 3.22. The normalized spacial score (nSPS) is 18.0. The SMILES string of the molecule is CN1C(=O)C(CCCNC(=O)c2[nH]c(Br)cc2Br)N=C1N. The van der Waals surface area contributed by atoms with Crippen molar-refractivity contribution in [3.8, 4) is 0 Å². The third-order valence-corrected chi connectivity index (χ3v) is 4.20. The average Bonchev–Trinajstić information content (AvgIpc) is 2.89. The lowest BCUT2D eigenvalue weighted by atomic mass is 10.1. The number of aliphatic imine (C=N–C) groups is 1. The number of hydrogen-bond acceptors (Lipinski definition) is 4. The van der Waals surface area contributed by atoms with Gasteiger partial charge in [0.25, 0.3) is 11.8 Å². The van der Waals surface area contributed by atoms with E-state index in [1.807, 2.05) is 0 Å². The fourth-order valence-electron chi connectivity index (χ4n) is 1.98. The first-order chi connectivity index (χ1) is 9.90. The third kappa shape index (κ3) is 3.65. The van der Waals surface area contributed by atoms with Crippen molar-refractivity contribution in [3.63, 3.8) is 0 Å². The Balaban J connectivity index is 1.77. The van der Waals surface area contributed by atoms with Crippen LogP contribution in [0.25, 0.3) is 0 Å². The maximum Gasteiger partial charge on any atom is 0.268 e. The van der Waals surface area contributed by atoms with Crippen molar-refractivity contribution >= 4 is 49.6 Å². The first-order valence-corrected chi connectivity index (χ1v) is 7.91. The Morgan fingerprint density at radius 1 is 1.57 bits per heavy atom. The van der Waals surface area contributed by atoms with Crippen LogP contribution in [-0.2, 0) is 4.79 Å². The first kappa shape index (κ1) is 16.0. The van der Waals surface area contributed by atoms with E-state index in [1.54, 1.807) is 13.1 Å². The van der Waals surface area contributed by atoms with Gasteiger partial charge in [-0.05, 0) is 50.8 Å². The predicted molar refractivity (Wildman–Crippen MR) is 85.9 cm³/mol. The van der Waals surface area contributed by atoms with Gasteiger partial charge in [-0.15, -0.1) is 0 Å². The van der Waals surface area contributed by atoms with Gasteiger partial charge in [0.15, 0.2) is 5.96 Å². The molecule has 0 aromatic carbocycles. The van der Waals surface area contributed by atoms with Crippen molar-refractivity contribution in [2.75, 3.05) is 13.6 Å². The number of halogens is 2. The van der Waals surface area contributed by atoms with E-state index < -0.39 is 6.04 Å². The van der Waals surface area contributed by atoms with Crippen LogP contribution in [0.5, 0.6) is 0 Å². The number of guanidine groups is 1. The highest BCUT2D eigenvalue weighted by molar-refractivity contribution is 9.11. The molecule has 1 aromatic rings. The molecule has 1 unspecified atom stereocenters. The molecule has 0 radical (unpaired) electrons. The molecule has 0 saturated carbocycles. The van der Waals surface area contributed by atoms with Gasteiger partial charge >= 0.3 is 0 Å². The zero-order valence-electron chi connectivity index (χ0n) is 11.3. The molecule has 1 aliphatic heterocycles. The second-order valence-corrected chi connectivity index (χ2v) is 6.35. The Morgan fingerprint density at radius 2 is 2.29 bits per heavy atom. The largest absolute Gasteiger partial charge is 0.369 e. The van der Waals surface area contributed by atoms with Gasteiger partial charge in [0, 0.05) is 18.1 Å². The lowest BCUT2D eigenvalue weighted by molar-refractivity contribution is -0.126. The summed E-state index contributed by atoms with van der Waals surface area (Å²) in [5.74, 6) is -0.0606. The second kappa shape index (κ2) is 6.61. The Hall–Kier alpha value is -1.35. The highest BCUT2D eigenvalue weighted by Crippen LogP contribution is 2.21. The highest BCUT2D eigenvalue weighted by atomic mass is 79.9. The third-order valence-electron chi connectivity index (χ3n) is 3.15. The summed E-state index contributed by atoms with van der Waals surface area (Å²) >= 11 is 6.56. The summed E-state index contributed by atoms with van der Waals surface area (Å²) < 4.78 is 1.42. The lowest BCUT2D eigenvalue weighted by Crippen LogP contribution is -2.35. The van der Waals surface area contributed by atoms with Crippen molar-refractivity contribution < 1.29 is 9.59 Å². The second-order valence-electron chi connectivity index (χ2n) is 4.64. The maximum atomic E-state index is 11.9. The van der Waals surface area contributed by atoms with E-state index in [1.165, 1.54) is 4.90 Å². The van der Waals surface area contributed by atoms with E-state index in [0.29, 0.717) is 29.6 Å². The highest BCUT2D eigenvalue weighted by Gasteiger charge is 2.29. The molecule has 1 atom stereocenters. The van der Waals surface area contributed by atoms with Crippen molar-refractivity contribution in [2.24, 2.45) is 10.7 Å². The number of aromatic nitrogens is 1. The number of carbonyl (C=O) groups excluding carboxylic acids is 2. The molecule has 0 saturated heterocycles. The first-order valence-electron chi connectivity index (χ1n) is 6.33. The molecule has 4 N–H and O–H groups in total. The summed E-state index contributed by atoms with van der Waals surface area (Å²) in [4.78, 5) is 32.0. The molecule has 1 aliphatic rings. The maximum absolute atomic E-state index is 11.9. The van der Waals surface area contributed by atoms with Crippen LogP contribution in [-0.4, -0.2) is 47.3 Å². The number of rotatable bonds is 5. The number of likely N-dealkylation sites (N-methyl/N-ethyl adjacent to an activating group) is 1. The minimum atomic E-state index is -0.432. The number of H-pyrrole nitrogens is 1. The molecular weight excluding hydrogens is 406 g/mol. The predicted octanol–water partition coefficient (Wildman–Crippen LogP) is 1.21. The van der Waals surface area contributed by atoms with Gasteiger partial charge in [-0.2, -0.15) is 0 Å². The van der Waals surface area contributed by atoms with Crippen LogP contribution in [0.15, 0.2) is 20.1 Å². The van der Waals surface area contributed by atoms with Crippen molar-refractivity contribution in [2.45, 2.75) is 18.9 Å². The Morgan fingerprint density at radius 3 is 2.81 bits per heavy atom. The summed E-state index contributed by atoms with van der Waals surface area (Å²) in [6.07, 6.45) is 1.20. The molecule has 2 heterocycles. The van der Waals surface area contributed by atoms with Crippen LogP contribution in [0.4, 0.5) is 0 Å². The molecule has 2 amide bonds. The van der Waals surface area contributed by atoms with Crippen molar-refractivity contribution in [1.29, 1.82) is 0 Å². The molecule has 1 aromatic heterocycles. The van der Waals surface area contributed by atoms with Gasteiger partial charge in [-0.3, -0.25) is 14.5 Å². The molecule has 21 heavy (non-hydrogen) atoms. The summed E-state index contributed by atoms with van der Waals surface area (Å²) in [6.45, 7) is 0.463. The number of amides is 2. The molecular formula is C12H15Br2N5O2. The van der Waals surface area contributed by atoms with Gasteiger partial charge in [-0.1, -0.05) is 0 Å². The van der Waals surface area contributed by atoms with Crippen LogP contribution in [0, 0.1) is 0 Å². The Labute approximate surface area is 138 Å². The molecule has 9 heteroatoms. The Bertz CT molecular complexity index is 598. The number of carbonyl (C=O) groups is 2. The van der Waals surface area contributed by atoms with E-state index in [4.69, 9.17) is 5.73 Å². The summed E-state index contributed by atoms with van der Waals surface area (Å²) in [5, 5.41) is 2.79. The topological polar surface area (TPSA) is 104 Å². The number of nitrogens with one attached hydrogen (secondary N) is 2. The van der Waals surface area contributed by atoms with E-state index in [9.17, 15) is 9.59 Å². The molecule has 7 nitrogen and oxygen atoms in total. The number of hydrogen-bond donors (Lipinski definition) is 3. The van der Waals surface area contributed by atoms with Gasteiger partial charge in [0.2, 0.25) is 0 Å². The van der Waals surface area contributed by atoms with E-state index in [-0.39, 0.29) is 17.8 Å². The summed E-state index contributed by atoms with van der Waals surface area (Å²) in [7, 11) is 1.60. The zero-order chi connectivity index (χ0) is 15.6. The fraction of sp³-hybridized carbons (Fsp3) is 0.417. The molecule has 0 spiro atoms. The van der Waals surface area contributed by atoms with Gasteiger partial charge in [0.1, 0.15) is 11.7 Å². The van der Waals surface area contributed by atoms with E-state index in [0.717, 1.165) is 4.60 Å². The summed E-state index contributed by atoms with van der Waals surface area (Å²) in [5.41, 5.74) is 6.04. The Kier molecular flexibility index (Phi) is 5.04. The number of aromatic amines is 1. The van der Waals surface area contributed by atoms with Crippen LogP contribution in [0.1, 0.15) is 23.3 Å². The minimum absolute atomic E-state index is 0.102. The molecule has 0 aliphatic carbocycles. The number of nitrogens with two attached hydrogens (primary N) is 1. The lowest BCUT2D eigenvalue weighted by Gasteiger charge is -2.10. The standard InChI is InChI=1S/C12H15Br2N5O2/c1-19-11(21)7(17-12(19)15)3-2-4-16-10(20)9-6(13)5-8(14)18-9/h5,7,18H,2-4H2,1H3,(H2,15,17)(H,16,20). The van der Waals surface area contributed by atoms with Crippen LogP contribution >= 0.6 is 31.9 Å². The monoisotopic (exact) mass is 419 g/mol. The van der Waals surface area contributed by atoms with E-state index >= 15 is 0 Å². The smallest absolute Gasteiger partial charge is 0.268 e. The van der Waals surface area contributed by atoms with Crippen molar-refractivity contribution in [1.82, 2.24) is 15.2 Å². The van der Waals surface area contributed by atoms with Gasteiger partial charge < -0.3 is 16.0 Å². The molecule has 0 fully saturated rings. The average molecular weight is 421 g/mol. The quantitative estimate of drug-likeness (QED) is 0.623. The van der Waals surface area contributed by atoms with Crippen molar-refractivity contribution in [3.05, 3.63) is 20.8 Å². The van der Waals surface area contributed by atoms with Gasteiger partial charge in [-0.25, -0.2) is 4.99 Å². The molecule has 2 rings (SSSR count). The minimum Gasteiger partial charge on any atom is -0.369 e. The van der Waals surface area contributed by atoms with E-state index in [2.05, 4.69) is 47.2 Å². The zero-order valence-corrected chi connectivity index (χ0v) is 14.5. The molecule has 114 valence electrons.